The van der Waals surface area contributed by atoms with Gasteiger partial charge in [-0.05, 0) is 31.9 Å². The van der Waals surface area contributed by atoms with E-state index in [0.717, 1.165) is 52.2 Å². The van der Waals surface area contributed by atoms with Crippen molar-refractivity contribution in [1.82, 2.24) is 14.8 Å². The molecule has 2 aliphatic heterocycles. The van der Waals surface area contributed by atoms with Gasteiger partial charge in [-0.15, -0.1) is 0 Å². The smallest absolute Gasteiger partial charge is 0.242 e. The quantitative estimate of drug-likeness (QED) is 0.904. The summed E-state index contributed by atoms with van der Waals surface area (Å²) in [5.41, 5.74) is 0. The molecule has 3 heterocycles. The highest BCUT2D eigenvalue weighted by Crippen LogP contribution is 2.19. The van der Waals surface area contributed by atoms with Gasteiger partial charge in [-0.2, -0.15) is 0 Å². The third-order valence-electron chi connectivity index (χ3n) is 4.90. The van der Waals surface area contributed by atoms with Gasteiger partial charge in [-0.3, -0.25) is 14.6 Å². The van der Waals surface area contributed by atoms with E-state index in [1.165, 1.54) is 0 Å². The number of amides is 1. The van der Waals surface area contributed by atoms with Crippen molar-refractivity contribution in [2.75, 3.05) is 44.7 Å². The maximum Gasteiger partial charge on any atom is 0.242 e. The molecule has 1 amide bonds. The number of aromatic nitrogens is 1. The minimum Gasteiger partial charge on any atom is -0.379 e. The fourth-order valence-electron chi connectivity index (χ4n) is 3.41. The zero-order valence-corrected chi connectivity index (χ0v) is 13.8. The van der Waals surface area contributed by atoms with Crippen LogP contribution in [0.15, 0.2) is 24.4 Å². The number of piperidine rings is 1. The Morgan fingerprint density at radius 1 is 1.26 bits per heavy atom. The maximum absolute atomic E-state index is 12.4. The second kappa shape index (κ2) is 7.86. The van der Waals surface area contributed by atoms with E-state index in [1.54, 1.807) is 6.20 Å². The lowest BCUT2D eigenvalue weighted by atomic mass is 10.0. The number of anilines is 1. The van der Waals surface area contributed by atoms with Gasteiger partial charge in [0.1, 0.15) is 5.82 Å². The number of pyridine rings is 1. The largest absolute Gasteiger partial charge is 0.379 e. The second-order valence-electron chi connectivity index (χ2n) is 6.30. The van der Waals surface area contributed by atoms with Crippen molar-refractivity contribution >= 4 is 11.7 Å². The molecule has 2 fully saturated rings. The molecule has 1 N–H and O–H groups in total. The topological polar surface area (TPSA) is 57.7 Å². The first-order chi connectivity index (χ1) is 11.2. The van der Waals surface area contributed by atoms with E-state index >= 15 is 0 Å². The highest BCUT2D eigenvalue weighted by molar-refractivity contribution is 5.93. The Morgan fingerprint density at radius 3 is 2.65 bits per heavy atom. The highest BCUT2D eigenvalue weighted by Gasteiger charge is 2.30. The number of carbonyl (C=O) groups excluding carboxylic acids is 1. The van der Waals surface area contributed by atoms with Gasteiger partial charge >= 0.3 is 0 Å². The number of rotatable bonds is 4. The Bertz CT molecular complexity index is 497. The van der Waals surface area contributed by atoms with E-state index in [1.807, 2.05) is 25.1 Å². The number of carbonyl (C=O) groups is 1. The van der Waals surface area contributed by atoms with Gasteiger partial charge in [0.25, 0.3) is 0 Å². The van der Waals surface area contributed by atoms with Gasteiger partial charge in [-0.25, -0.2) is 4.98 Å². The van der Waals surface area contributed by atoms with Crippen LogP contribution in [-0.2, 0) is 9.53 Å². The molecule has 6 heteroatoms. The van der Waals surface area contributed by atoms with Crippen LogP contribution in [0.5, 0.6) is 0 Å². The molecule has 2 aliphatic rings. The molecule has 1 aromatic rings. The van der Waals surface area contributed by atoms with Crippen LogP contribution < -0.4 is 5.32 Å². The van der Waals surface area contributed by atoms with Crippen molar-refractivity contribution in [2.45, 2.75) is 31.8 Å². The molecule has 23 heavy (non-hydrogen) atoms. The summed E-state index contributed by atoms with van der Waals surface area (Å²) in [6, 6.07) is 6.05. The van der Waals surface area contributed by atoms with Crippen LogP contribution in [0.2, 0.25) is 0 Å². The van der Waals surface area contributed by atoms with E-state index in [-0.39, 0.29) is 11.9 Å². The van der Waals surface area contributed by atoms with Gasteiger partial charge < -0.3 is 10.1 Å². The third kappa shape index (κ3) is 4.28. The molecule has 3 rings (SSSR count). The number of likely N-dealkylation sites (tertiary alicyclic amines) is 1. The van der Waals surface area contributed by atoms with Gasteiger partial charge in [-0.1, -0.05) is 6.07 Å². The summed E-state index contributed by atoms with van der Waals surface area (Å²) in [5.74, 6) is 0.640. The summed E-state index contributed by atoms with van der Waals surface area (Å²) in [6.45, 7) is 7.71. The molecule has 0 aliphatic carbocycles. The summed E-state index contributed by atoms with van der Waals surface area (Å²) in [5, 5.41) is 2.89. The first-order valence-electron chi connectivity index (χ1n) is 8.52. The number of nitrogens with one attached hydrogen (secondary N) is 1. The molecule has 1 aromatic heterocycles. The molecule has 0 bridgehead atoms. The van der Waals surface area contributed by atoms with Crippen LogP contribution in [-0.4, -0.2) is 72.2 Å². The van der Waals surface area contributed by atoms with Gasteiger partial charge in [0.2, 0.25) is 5.91 Å². The molecule has 0 saturated carbocycles. The second-order valence-corrected chi connectivity index (χ2v) is 6.30. The van der Waals surface area contributed by atoms with Crippen molar-refractivity contribution in [1.29, 1.82) is 0 Å². The Kier molecular flexibility index (Phi) is 5.59. The lowest BCUT2D eigenvalue weighted by molar-refractivity contribution is -0.121. The summed E-state index contributed by atoms with van der Waals surface area (Å²) < 4.78 is 5.43. The fourth-order valence-corrected chi connectivity index (χ4v) is 3.41. The van der Waals surface area contributed by atoms with Crippen LogP contribution in [0.1, 0.15) is 19.8 Å². The molecule has 6 nitrogen and oxygen atoms in total. The van der Waals surface area contributed by atoms with E-state index in [9.17, 15) is 4.79 Å². The lowest BCUT2D eigenvalue weighted by Crippen LogP contribution is -2.52. The first-order valence-corrected chi connectivity index (χ1v) is 8.52. The summed E-state index contributed by atoms with van der Waals surface area (Å²) in [6.07, 6.45) is 3.94. The van der Waals surface area contributed by atoms with Gasteiger partial charge in [0, 0.05) is 38.4 Å². The van der Waals surface area contributed by atoms with Crippen LogP contribution in [0.25, 0.3) is 0 Å². The van der Waals surface area contributed by atoms with Crippen LogP contribution in [0.4, 0.5) is 5.82 Å². The average molecular weight is 318 g/mol. The number of nitrogens with zero attached hydrogens (tertiary/aromatic N) is 3. The Balaban J connectivity index is 1.47. The average Bonchev–Trinajstić information content (AvgIpc) is 2.63. The number of ether oxygens (including phenoxy) is 1. The maximum atomic E-state index is 12.4. The van der Waals surface area contributed by atoms with Crippen molar-refractivity contribution in [3.8, 4) is 0 Å². The normalized spacial score (nSPS) is 22.7. The predicted octanol–water partition coefficient (Wildman–Crippen LogP) is 1.21. The lowest BCUT2D eigenvalue weighted by Gasteiger charge is -2.41. The number of morpholine rings is 1. The summed E-state index contributed by atoms with van der Waals surface area (Å²) in [7, 11) is 0. The number of hydrogen-bond donors (Lipinski definition) is 1. The third-order valence-corrected chi connectivity index (χ3v) is 4.90. The monoisotopic (exact) mass is 318 g/mol. The van der Waals surface area contributed by atoms with Crippen LogP contribution >= 0.6 is 0 Å². The van der Waals surface area contributed by atoms with E-state index in [0.29, 0.717) is 11.9 Å². The summed E-state index contributed by atoms with van der Waals surface area (Å²) >= 11 is 0. The van der Waals surface area contributed by atoms with Crippen LogP contribution in [0.3, 0.4) is 0 Å². The van der Waals surface area contributed by atoms with Crippen molar-refractivity contribution in [2.24, 2.45) is 0 Å². The van der Waals surface area contributed by atoms with E-state index in [2.05, 4.69) is 20.1 Å². The molecular formula is C17H26N4O2. The number of hydrogen-bond acceptors (Lipinski definition) is 5. The van der Waals surface area contributed by atoms with Crippen molar-refractivity contribution in [3.05, 3.63) is 24.4 Å². The minimum absolute atomic E-state index is 0.0218. The van der Waals surface area contributed by atoms with Gasteiger partial charge in [0.05, 0.1) is 19.3 Å². The Labute approximate surface area is 137 Å². The highest BCUT2D eigenvalue weighted by atomic mass is 16.5. The van der Waals surface area contributed by atoms with E-state index < -0.39 is 0 Å². The zero-order chi connectivity index (χ0) is 16.1. The molecule has 1 unspecified atom stereocenters. The first kappa shape index (κ1) is 16.4. The Morgan fingerprint density at radius 2 is 2.00 bits per heavy atom. The van der Waals surface area contributed by atoms with E-state index in [4.69, 9.17) is 4.74 Å². The zero-order valence-electron chi connectivity index (χ0n) is 13.8. The minimum atomic E-state index is -0.123. The summed E-state index contributed by atoms with van der Waals surface area (Å²) in [4.78, 5) is 21.3. The molecule has 1 atom stereocenters. The molecule has 126 valence electrons. The van der Waals surface area contributed by atoms with Crippen molar-refractivity contribution in [3.63, 3.8) is 0 Å². The molecule has 0 spiro atoms. The standard InChI is InChI=1S/C17H26N4O2/c1-14(17(22)19-16-4-2-3-7-18-16)20-8-5-15(6-9-20)21-10-12-23-13-11-21/h2-4,7,14-15H,5-6,8-13H2,1H3,(H,18,19,22). The Hall–Kier alpha value is -1.50. The molecule has 2 saturated heterocycles. The SMILES string of the molecule is CC(C(=O)Nc1ccccn1)N1CCC(N2CCOCC2)CC1. The predicted molar refractivity (Wildman–Crippen MR) is 89.3 cm³/mol. The molecule has 0 radical (unpaired) electrons. The van der Waals surface area contributed by atoms with Crippen molar-refractivity contribution < 1.29 is 9.53 Å². The molecule has 0 aromatic carbocycles. The van der Waals surface area contributed by atoms with Crippen LogP contribution in [0, 0.1) is 0 Å². The fraction of sp³-hybridized carbons (Fsp3) is 0.647. The van der Waals surface area contributed by atoms with Gasteiger partial charge in [0.15, 0.2) is 0 Å². The molecular weight excluding hydrogens is 292 g/mol.